The molecule has 0 saturated carbocycles. The second-order valence-electron chi connectivity index (χ2n) is 2.14. The third kappa shape index (κ3) is 2.70. The molecule has 0 unspecified atom stereocenters. The van der Waals surface area contributed by atoms with Gasteiger partial charge in [0.05, 0.1) is 18.9 Å². The fraction of sp³-hybridized carbons (Fsp3) is 0.500. The van der Waals surface area contributed by atoms with Gasteiger partial charge in [0, 0.05) is 0 Å². The van der Waals surface area contributed by atoms with Crippen LogP contribution in [-0.2, 0) is 16.1 Å². The zero-order valence-electron chi connectivity index (χ0n) is 7.38. The molecule has 0 aliphatic rings. The highest BCUT2D eigenvalue weighted by Crippen LogP contribution is 2.11. The minimum Gasteiger partial charge on any atom is -0.468 e. The summed E-state index contributed by atoms with van der Waals surface area (Å²) < 4.78 is 5.74. The number of carbonyl (C=O) groups excluding carboxylic acids is 1. The highest BCUT2D eigenvalue weighted by molar-refractivity contribution is 7.99. The SMILES string of the molecule is COC(=O)Cn1nnnc1SCC#N. The summed E-state index contributed by atoms with van der Waals surface area (Å²) in [5.74, 6) is -0.197. The normalized spacial score (nSPS) is 9.43. The van der Waals surface area contributed by atoms with Gasteiger partial charge in [0.15, 0.2) is 0 Å². The van der Waals surface area contributed by atoms with E-state index >= 15 is 0 Å². The van der Waals surface area contributed by atoms with Crippen LogP contribution in [0.15, 0.2) is 5.16 Å². The third-order valence-corrected chi connectivity index (χ3v) is 2.10. The minimum absolute atomic E-state index is 0.0444. The quantitative estimate of drug-likeness (QED) is 0.489. The molecule has 8 heteroatoms. The first-order valence-corrected chi connectivity index (χ1v) is 4.59. The number of hydrogen-bond donors (Lipinski definition) is 0. The Morgan fingerprint density at radius 3 is 3.21 bits per heavy atom. The molecule has 0 saturated heterocycles. The molecule has 0 N–H and O–H groups in total. The smallest absolute Gasteiger partial charge is 0.327 e. The van der Waals surface area contributed by atoms with Crippen molar-refractivity contribution in [1.82, 2.24) is 20.2 Å². The Morgan fingerprint density at radius 1 is 1.79 bits per heavy atom. The molecule has 74 valence electrons. The summed E-state index contributed by atoms with van der Waals surface area (Å²) in [6, 6.07) is 1.94. The van der Waals surface area contributed by atoms with E-state index < -0.39 is 5.97 Å². The lowest BCUT2D eigenvalue weighted by molar-refractivity contribution is -0.141. The van der Waals surface area contributed by atoms with Crippen LogP contribution in [0.25, 0.3) is 0 Å². The maximum atomic E-state index is 10.9. The van der Waals surface area contributed by atoms with E-state index in [0.717, 1.165) is 11.8 Å². The Labute approximate surface area is 84.0 Å². The minimum atomic E-state index is -0.434. The van der Waals surface area contributed by atoms with Crippen LogP contribution in [0.2, 0.25) is 0 Å². The highest BCUT2D eigenvalue weighted by atomic mass is 32.2. The van der Waals surface area contributed by atoms with Crippen LogP contribution in [-0.4, -0.2) is 39.0 Å². The molecule has 0 bridgehead atoms. The van der Waals surface area contributed by atoms with Crippen molar-refractivity contribution in [3.63, 3.8) is 0 Å². The maximum absolute atomic E-state index is 10.9. The van der Waals surface area contributed by atoms with Gasteiger partial charge in [-0.15, -0.1) is 5.10 Å². The van der Waals surface area contributed by atoms with Gasteiger partial charge >= 0.3 is 5.97 Å². The van der Waals surface area contributed by atoms with Crippen molar-refractivity contribution in [2.24, 2.45) is 0 Å². The molecule has 1 rings (SSSR count). The largest absolute Gasteiger partial charge is 0.468 e. The number of carbonyl (C=O) groups is 1. The molecule has 1 heterocycles. The zero-order valence-corrected chi connectivity index (χ0v) is 8.19. The fourth-order valence-electron chi connectivity index (χ4n) is 0.683. The van der Waals surface area contributed by atoms with Gasteiger partial charge < -0.3 is 4.74 Å². The predicted molar refractivity (Wildman–Crippen MR) is 46.2 cm³/mol. The summed E-state index contributed by atoms with van der Waals surface area (Å²) in [4.78, 5) is 10.9. The number of rotatable bonds is 4. The first-order valence-electron chi connectivity index (χ1n) is 3.60. The lowest BCUT2D eigenvalue weighted by atomic mass is 10.7. The summed E-state index contributed by atoms with van der Waals surface area (Å²) in [6.07, 6.45) is 0. The van der Waals surface area contributed by atoms with Crippen LogP contribution in [0.1, 0.15) is 0 Å². The number of esters is 1. The van der Waals surface area contributed by atoms with Gasteiger partial charge in [0.1, 0.15) is 6.54 Å². The van der Waals surface area contributed by atoms with Crippen molar-refractivity contribution in [2.75, 3.05) is 12.9 Å². The lowest BCUT2D eigenvalue weighted by Crippen LogP contribution is -2.13. The van der Waals surface area contributed by atoms with Gasteiger partial charge in [-0.2, -0.15) is 5.26 Å². The van der Waals surface area contributed by atoms with Gasteiger partial charge in [-0.1, -0.05) is 11.8 Å². The Balaban J connectivity index is 2.63. The molecule has 1 aromatic heterocycles. The van der Waals surface area contributed by atoms with E-state index in [4.69, 9.17) is 5.26 Å². The molecule has 14 heavy (non-hydrogen) atoms. The van der Waals surface area contributed by atoms with Crippen molar-refractivity contribution in [1.29, 1.82) is 5.26 Å². The number of nitriles is 1. The molecule has 7 nitrogen and oxygen atoms in total. The van der Waals surface area contributed by atoms with Crippen LogP contribution in [0, 0.1) is 11.3 Å². The van der Waals surface area contributed by atoms with Crippen molar-refractivity contribution < 1.29 is 9.53 Å². The van der Waals surface area contributed by atoms with E-state index in [1.165, 1.54) is 11.8 Å². The van der Waals surface area contributed by atoms with Crippen molar-refractivity contribution in [3.8, 4) is 6.07 Å². The van der Waals surface area contributed by atoms with Gasteiger partial charge in [0.2, 0.25) is 5.16 Å². The van der Waals surface area contributed by atoms with E-state index in [1.807, 2.05) is 6.07 Å². The Bertz CT molecular complexity index is 357. The summed E-state index contributed by atoms with van der Waals surface area (Å²) in [5, 5.41) is 19.4. The second kappa shape index (κ2) is 5.18. The summed E-state index contributed by atoms with van der Waals surface area (Å²) in [7, 11) is 1.29. The van der Waals surface area contributed by atoms with Crippen molar-refractivity contribution in [2.45, 2.75) is 11.7 Å². The van der Waals surface area contributed by atoms with Gasteiger partial charge in [-0.3, -0.25) is 4.79 Å². The number of hydrogen-bond acceptors (Lipinski definition) is 7. The molecule has 0 fully saturated rings. The molecule has 0 amide bonds. The first-order chi connectivity index (χ1) is 6.77. The van der Waals surface area contributed by atoms with Crippen LogP contribution in [0.3, 0.4) is 0 Å². The van der Waals surface area contributed by atoms with E-state index in [1.54, 1.807) is 0 Å². The molecule has 0 aliphatic carbocycles. The van der Waals surface area contributed by atoms with Crippen LogP contribution >= 0.6 is 11.8 Å². The molecular formula is C6H7N5O2S. The molecule has 1 aromatic rings. The van der Waals surface area contributed by atoms with E-state index in [0.29, 0.717) is 5.16 Å². The molecular weight excluding hydrogens is 206 g/mol. The van der Waals surface area contributed by atoms with Crippen LogP contribution < -0.4 is 0 Å². The summed E-state index contributed by atoms with van der Waals surface area (Å²) >= 11 is 1.16. The van der Waals surface area contributed by atoms with E-state index in [9.17, 15) is 4.79 Å². The standard InChI is InChI=1S/C6H7N5O2S/c1-13-5(12)4-11-6(8-9-10-11)14-3-2-7/h3-4H2,1H3. The van der Waals surface area contributed by atoms with E-state index in [-0.39, 0.29) is 12.3 Å². The average molecular weight is 213 g/mol. The number of ether oxygens (including phenoxy) is 1. The molecule has 0 spiro atoms. The van der Waals surface area contributed by atoms with Crippen molar-refractivity contribution in [3.05, 3.63) is 0 Å². The highest BCUT2D eigenvalue weighted by Gasteiger charge is 2.10. The number of tetrazole rings is 1. The third-order valence-electron chi connectivity index (χ3n) is 1.27. The number of aromatic nitrogens is 4. The average Bonchev–Trinajstić information content (AvgIpc) is 2.62. The molecule has 0 atom stereocenters. The Hall–Kier alpha value is -1.62. The van der Waals surface area contributed by atoms with E-state index in [2.05, 4.69) is 20.3 Å². The van der Waals surface area contributed by atoms with Gasteiger partial charge in [0.25, 0.3) is 0 Å². The zero-order chi connectivity index (χ0) is 10.4. The fourth-order valence-corrected chi connectivity index (χ4v) is 1.22. The second-order valence-corrected chi connectivity index (χ2v) is 3.08. The maximum Gasteiger partial charge on any atom is 0.327 e. The van der Waals surface area contributed by atoms with Crippen LogP contribution in [0.5, 0.6) is 0 Å². The summed E-state index contributed by atoms with van der Waals surface area (Å²) in [5.41, 5.74) is 0. The monoisotopic (exact) mass is 213 g/mol. The van der Waals surface area contributed by atoms with Crippen LogP contribution in [0.4, 0.5) is 0 Å². The number of nitrogens with zero attached hydrogens (tertiary/aromatic N) is 5. The molecule has 0 aliphatic heterocycles. The predicted octanol–water partition coefficient (Wildman–Crippen LogP) is -0.538. The lowest BCUT2D eigenvalue weighted by Gasteiger charge is -2.00. The van der Waals surface area contributed by atoms with Gasteiger partial charge in [-0.25, -0.2) is 4.68 Å². The van der Waals surface area contributed by atoms with Crippen molar-refractivity contribution >= 4 is 17.7 Å². The Morgan fingerprint density at radius 2 is 2.57 bits per heavy atom. The Kier molecular flexibility index (Phi) is 3.87. The summed E-state index contributed by atoms with van der Waals surface area (Å²) in [6.45, 7) is -0.0444. The number of thioether (sulfide) groups is 1. The van der Waals surface area contributed by atoms with Gasteiger partial charge in [-0.05, 0) is 10.4 Å². The molecule has 0 radical (unpaired) electrons. The molecule has 0 aromatic carbocycles. The first kappa shape index (κ1) is 10.5. The topological polar surface area (TPSA) is 93.7 Å². The number of methoxy groups -OCH3 is 1.